The lowest BCUT2D eigenvalue weighted by Crippen LogP contribution is -2.50. The van der Waals surface area contributed by atoms with E-state index in [1.807, 2.05) is 20.8 Å². The molecule has 1 atom stereocenters. The molecule has 0 amide bonds. The quantitative estimate of drug-likeness (QED) is 0.732. The van der Waals surface area contributed by atoms with Crippen LogP contribution in [0.1, 0.15) is 34.1 Å². The van der Waals surface area contributed by atoms with Crippen molar-refractivity contribution in [3.63, 3.8) is 0 Å². The first-order valence-electron chi connectivity index (χ1n) is 6.05. The van der Waals surface area contributed by atoms with Crippen LogP contribution in [0.25, 0.3) is 0 Å². The summed E-state index contributed by atoms with van der Waals surface area (Å²) in [7, 11) is 0. The summed E-state index contributed by atoms with van der Waals surface area (Å²) >= 11 is 0. The molecule has 1 fully saturated rings. The Morgan fingerprint density at radius 3 is 2.75 bits per heavy atom. The first-order chi connectivity index (χ1) is 7.38. The number of nitrogens with zero attached hydrogens (tertiary/aromatic N) is 1. The van der Waals surface area contributed by atoms with Gasteiger partial charge in [0.2, 0.25) is 0 Å². The minimum atomic E-state index is -0.369. The molecule has 1 N–H and O–H groups in total. The van der Waals surface area contributed by atoms with Crippen molar-refractivity contribution < 1.29 is 9.53 Å². The second kappa shape index (κ2) is 5.64. The number of rotatable bonds is 3. The van der Waals surface area contributed by atoms with Crippen LogP contribution in [-0.2, 0) is 9.53 Å². The molecule has 1 heterocycles. The Morgan fingerprint density at radius 1 is 1.50 bits per heavy atom. The lowest BCUT2D eigenvalue weighted by molar-refractivity contribution is -0.155. The van der Waals surface area contributed by atoms with Crippen molar-refractivity contribution in [3.05, 3.63) is 0 Å². The lowest BCUT2D eigenvalue weighted by Gasteiger charge is -2.33. The number of hydrogen-bond acceptors (Lipinski definition) is 4. The molecule has 0 bridgehead atoms. The zero-order chi connectivity index (χ0) is 12.2. The van der Waals surface area contributed by atoms with Crippen molar-refractivity contribution in [2.24, 2.45) is 0 Å². The molecule has 4 nitrogen and oxygen atoms in total. The number of carbonyl (C=O) groups excluding carboxylic acids is 1. The van der Waals surface area contributed by atoms with Crippen molar-refractivity contribution in [3.8, 4) is 0 Å². The van der Waals surface area contributed by atoms with Crippen molar-refractivity contribution in [1.29, 1.82) is 0 Å². The van der Waals surface area contributed by atoms with E-state index < -0.39 is 0 Å². The Balaban J connectivity index is 2.25. The van der Waals surface area contributed by atoms with Crippen LogP contribution in [0.4, 0.5) is 0 Å². The first kappa shape index (κ1) is 13.5. The maximum absolute atomic E-state index is 11.5. The second-order valence-corrected chi connectivity index (χ2v) is 5.43. The average molecular weight is 228 g/mol. The molecule has 1 aliphatic rings. The van der Waals surface area contributed by atoms with Crippen molar-refractivity contribution in [1.82, 2.24) is 10.2 Å². The van der Waals surface area contributed by atoms with Crippen molar-refractivity contribution >= 4 is 5.97 Å². The molecule has 4 heteroatoms. The topological polar surface area (TPSA) is 41.6 Å². The Hall–Kier alpha value is -0.610. The molecule has 94 valence electrons. The van der Waals surface area contributed by atoms with Gasteiger partial charge in [-0.25, -0.2) is 0 Å². The summed E-state index contributed by atoms with van der Waals surface area (Å²) in [6.07, 6.45) is 0.488. The molecule has 0 aliphatic carbocycles. The molecule has 0 spiro atoms. The van der Waals surface area contributed by atoms with Gasteiger partial charge in [0.25, 0.3) is 0 Å². The molecule has 0 aromatic heterocycles. The predicted octanol–water partition coefficient (Wildman–Crippen LogP) is 1.01. The SMILES string of the molecule is C[C@H]1CNCCN1CCC(=O)OC(C)(C)C. The van der Waals surface area contributed by atoms with Gasteiger partial charge < -0.3 is 10.1 Å². The van der Waals surface area contributed by atoms with E-state index in [2.05, 4.69) is 17.1 Å². The van der Waals surface area contributed by atoms with Crippen LogP contribution in [0.15, 0.2) is 0 Å². The van der Waals surface area contributed by atoms with Crippen LogP contribution in [0, 0.1) is 0 Å². The van der Waals surface area contributed by atoms with Crippen LogP contribution < -0.4 is 5.32 Å². The van der Waals surface area contributed by atoms with Gasteiger partial charge in [0.15, 0.2) is 0 Å². The van der Waals surface area contributed by atoms with E-state index in [4.69, 9.17) is 4.74 Å². The van der Waals surface area contributed by atoms with Gasteiger partial charge in [-0.15, -0.1) is 0 Å². The fourth-order valence-electron chi connectivity index (χ4n) is 1.84. The molecule has 0 radical (unpaired) electrons. The maximum Gasteiger partial charge on any atom is 0.307 e. The van der Waals surface area contributed by atoms with E-state index in [0.717, 1.165) is 26.2 Å². The van der Waals surface area contributed by atoms with Gasteiger partial charge in [-0.2, -0.15) is 0 Å². The van der Waals surface area contributed by atoms with Gasteiger partial charge in [-0.05, 0) is 27.7 Å². The largest absolute Gasteiger partial charge is 0.460 e. The fourth-order valence-corrected chi connectivity index (χ4v) is 1.84. The Bertz CT molecular complexity index is 236. The molecule has 1 rings (SSSR count). The van der Waals surface area contributed by atoms with Gasteiger partial charge in [-0.1, -0.05) is 0 Å². The van der Waals surface area contributed by atoms with E-state index >= 15 is 0 Å². The van der Waals surface area contributed by atoms with E-state index in [9.17, 15) is 4.79 Å². The number of carbonyl (C=O) groups is 1. The van der Waals surface area contributed by atoms with Crippen LogP contribution >= 0.6 is 0 Å². The molecule has 1 aliphatic heterocycles. The average Bonchev–Trinajstić information content (AvgIpc) is 2.14. The summed E-state index contributed by atoms with van der Waals surface area (Å²) in [5, 5.41) is 3.33. The summed E-state index contributed by atoms with van der Waals surface area (Å²) in [5.74, 6) is -0.0989. The standard InChI is InChI=1S/C12H24N2O2/c1-10-9-13-6-8-14(10)7-5-11(15)16-12(2,3)4/h10,13H,5-9H2,1-4H3/t10-/m0/s1. The summed E-state index contributed by atoms with van der Waals surface area (Å²) in [4.78, 5) is 13.9. The molecule has 0 saturated carbocycles. The van der Waals surface area contributed by atoms with Crippen molar-refractivity contribution in [2.75, 3.05) is 26.2 Å². The Labute approximate surface area is 98.3 Å². The number of hydrogen-bond donors (Lipinski definition) is 1. The van der Waals surface area contributed by atoms with Crippen LogP contribution in [0.5, 0.6) is 0 Å². The fraction of sp³-hybridized carbons (Fsp3) is 0.917. The third-order valence-electron chi connectivity index (χ3n) is 2.66. The third kappa shape index (κ3) is 4.94. The molecule has 0 aromatic rings. The molecular formula is C12H24N2O2. The highest BCUT2D eigenvalue weighted by atomic mass is 16.6. The Kier molecular flexibility index (Phi) is 4.74. The molecule has 1 saturated heterocycles. The van der Waals surface area contributed by atoms with E-state index in [-0.39, 0.29) is 11.6 Å². The Morgan fingerprint density at radius 2 is 2.19 bits per heavy atom. The summed E-state index contributed by atoms with van der Waals surface area (Å²) in [6, 6.07) is 0.510. The third-order valence-corrected chi connectivity index (χ3v) is 2.66. The number of ether oxygens (including phenoxy) is 1. The van der Waals surface area contributed by atoms with E-state index in [0.29, 0.717) is 12.5 Å². The van der Waals surface area contributed by atoms with Gasteiger partial charge in [0.1, 0.15) is 5.60 Å². The second-order valence-electron chi connectivity index (χ2n) is 5.43. The van der Waals surface area contributed by atoms with E-state index in [1.54, 1.807) is 0 Å². The van der Waals surface area contributed by atoms with Crippen molar-refractivity contribution in [2.45, 2.75) is 45.8 Å². The van der Waals surface area contributed by atoms with Gasteiger partial charge in [0, 0.05) is 32.2 Å². The van der Waals surface area contributed by atoms with E-state index in [1.165, 1.54) is 0 Å². The van der Waals surface area contributed by atoms with Gasteiger partial charge in [0.05, 0.1) is 6.42 Å². The normalized spacial score (nSPS) is 23.1. The highest BCUT2D eigenvalue weighted by Gasteiger charge is 2.20. The van der Waals surface area contributed by atoms with Gasteiger partial charge >= 0.3 is 5.97 Å². The minimum Gasteiger partial charge on any atom is -0.460 e. The molecular weight excluding hydrogens is 204 g/mol. The molecule has 0 aromatic carbocycles. The molecule has 16 heavy (non-hydrogen) atoms. The van der Waals surface area contributed by atoms with Crippen LogP contribution in [-0.4, -0.2) is 48.7 Å². The number of esters is 1. The first-order valence-corrected chi connectivity index (χ1v) is 6.05. The number of piperazine rings is 1. The summed E-state index contributed by atoms with van der Waals surface area (Å²) in [6.45, 7) is 11.7. The highest BCUT2D eigenvalue weighted by Crippen LogP contribution is 2.09. The van der Waals surface area contributed by atoms with Gasteiger partial charge in [-0.3, -0.25) is 9.69 Å². The maximum atomic E-state index is 11.5. The minimum absolute atomic E-state index is 0.0989. The smallest absolute Gasteiger partial charge is 0.307 e. The zero-order valence-electron chi connectivity index (χ0n) is 10.9. The summed E-state index contributed by atoms with van der Waals surface area (Å²) in [5.41, 5.74) is -0.369. The van der Waals surface area contributed by atoms with Crippen LogP contribution in [0.2, 0.25) is 0 Å². The highest BCUT2D eigenvalue weighted by molar-refractivity contribution is 5.70. The lowest BCUT2D eigenvalue weighted by atomic mass is 10.2. The zero-order valence-corrected chi connectivity index (χ0v) is 10.9. The molecule has 0 unspecified atom stereocenters. The monoisotopic (exact) mass is 228 g/mol. The predicted molar refractivity (Wildman–Crippen MR) is 64.4 cm³/mol. The van der Waals surface area contributed by atoms with Crippen LogP contribution in [0.3, 0.4) is 0 Å². The number of nitrogens with one attached hydrogen (secondary N) is 1. The summed E-state index contributed by atoms with van der Waals surface area (Å²) < 4.78 is 5.28.